The van der Waals surface area contributed by atoms with Crippen molar-refractivity contribution in [3.63, 3.8) is 0 Å². The number of aliphatic hydroxyl groups is 1. The number of nitrogens with zero attached hydrogens (tertiary/aromatic N) is 4. The number of aliphatic hydroxyl groups excluding tert-OH is 1. The summed E-state index contributed by atoms with van der Waals surface area (Å²) in [6, 6.07) is 8.47. The van der Waals surface area contributed by atoms with Crippen molar-refractivity contribution in [2.24, 2.45) is 11.8 Å². The summed E-state index contributed by atoms with van der Waals surface area (Å²) in [5.41, 5.74) is 3.16. The number of ether oxygens (including phenoxy) is 2. The highest BCUT2D eigenvalue weighted by atomic mass is 16.6. The normalized spacial score (nSPS) is 30.2. The van der Waals surface area contributed by atoms with E-state index in [0.29, 0.717) is 25.9 Å². The summed E-state index contributed by atoms with van der Waals surface area (Å²) >= 11 is 0. The maximum Gasteiger partial charge on any atom is 0.410 e. The molecule has 0 saturated carbocycles. The molecule has 3 heterocycles. The van der Waals surface area contributed by atoms with Gasteiger partial charge in [0.25, 0.3) is 0 Å². The second kappa shape index (κ2) is 15.0. The summed E-state index contributed by atoms with van der Waals surface area (Å²) < 4.78 is 12.0. The molecule has 42 heavy (non-hydrogen) atoms. The first kappa shape index (κ1) is 32.0. The lowest BCUT2D eigenvalue weighted by Gasteiger charge is -2.34. The predicted molar refractivity (Wildman–Crippen MR) is 166 cm³/mol. The quantitative estimate of drug-likeness (QED) is 0.423. The summed E-state index contributed by atoms with van der Waals surface area (Å²) in [6.45, 7) is 13.0. The fourth-order valence-corrected chi connectivity index (χ4v) is 5.85. The third kappa shape index (κ3) is 9.06. The Labute approximate surface area is 251 Å². The van der Waals surface area contributed by atoms with E-state index in [1.165, 1.54) is 5.69 Å². The zero-order chi connectivity index (χ0) is 30.2. The van der Waals surface area contributed by atoms with Crippen LogP contribution in [0.15, 0.2) is 42.0 Å². The van der Waals surface area contributed by atoms with Gasteiger partial charge < -0.3 is 34.2 Å². The minimum absolute atomic E-state index is 0.0117. The molecular weight excluding hydrogens is 532 g/mol. The molecule has 232 valence electrons. The first-order valence-electron chi connectivity index (χ1n) is 15.5. The summed E-state index contributed by atoms with van der Waals surface area (Å²) in [7, 11) is 4.20. The molecule has 1 aromatic rings. The molecule has 1 aromatic carbocycles. The lowest BCUT2D eigenvalue weighted by molar-refractivity contribution is -0.151. The Kier molecular flexibility index (Phi) is 11.5. The smallest absolute Gasteiger partial charge is 0.410 e. The monoisotopic (exact) mass is 582 g/mol. The Balaban J connectivity index is 1.53. The first-order valence-corrected chi connectivity index (χ1v) is 15.5. The Morgan fingerprint density at radius 2 is 1.64 bits per heavy atom. The lowest BCUT2D eigenvalue weighted by atomic mass is 9.91. The fraction of sp³-hybridized carbons (Fsp3) is 0.636. The van der Waals surface area contributed by atoms with E-state index in [9.17, 15) is 14.7 Å². The Bertz CT molecular complexity index is 1110. The van der Waals surface area contributed by atoms with Gasteiger partial charge in [-0.15, -0.1) is 0 Å². The number of rotatable bonds is 4. The van der Waals surface area contributed by atoms with Crippen molar-refractivity contribution >= 4 is 23.8 Å². The molecule has 9 nitrogen and oxygen atoms in total. The Morgan fingerprint density at radius 3 is 2.33 bits per heavy atom. The molecule has 0 unspecified atom stereocenters. The number of likely N-dealkylation sites (N-methyl/N-ethyl adjacent to an activating group) is 2. The van der Waals surface area contributed by atoms with Crippen molar-refractivity contribution in [1.82, 2.24) is 14.7 Å². The Morgan fingerprint density at radius 1 is 0.976 bits per heavy atom. The molecule has 0 aliphatic carbocycles. The van der Waals surface area contributed by atoms with Gasteiger partial charge in [0.15, 0.2) is 0 Å². The van der Waals surface area contributed by atoms with E-state index in [2.05, 4.69) is 59.1 Å². The van der Waals surface area contributed by atoms with E-state index < -0.39 is 24.3 Å². The van der Waals surface area contributed by atoms with Gasteiger partial charge in [0.2, 0.25) is 0 Å². The van der Waals surface area contributed by atoms with E-state index in [-0.39, 0.29) is 24.3 Å². The zero-order valence-electron chi connectivity index (χ0n) is 26.1. The summed E-state index contributed by atoms with van der Waals surface area (Å²) in [5.74, 6) is -0.583. The SMILES string of the molecule is C/C(=C\c1cccc(N2CCN(C)CC2)c1)[C@H]1OC(=O)C[C@H](O)CC[C@H](C)[C@H](OC(=O)N2CCN(C)CC2)/C=C/[C@@H]1C. The molecule has 0 aromatic heterocycles. The molecule has 2 saturated heterocycles. The van der Waals surface area contributed by atoms with Crippen LogP contribution in [0.2, 0.25) is 0 Å². The fourth-order valence-electron chi connectivity index (χ4n) is 5.85. The number of amides is 1. The topological polar surface area (TPSA) is 85.8 Å². The number of carbonyl (C=O) groups is 2. The van der Waals surface area contributed by atoms with Gasteiger partial charge in [0, 0.05) is 64.0 Å². The van der Waals surface area contributed by atoms with Crippen LogP contribution >= 0.6 is 0 Å². The number of piperazine rings is 2. The number of esters is 1. The molecule has 2 fully saturated rings. The van der Waals surface area contributed by atoms with Gasteiger partial charge in [-0.2, -0.15) is 0 Å². The van der Waals surface area contributed by atoms with Crippen molar-refractivity contribution in [3.8, 4) is 0 Å². The number of hydrogen-bond acceptors (Lipinski definition) is 8. The molecule has 0 spiro atoms. The molecule has 4 rings (SSSR count). The molecule has 0 bridgehead atoms. The average molecular weight is 583 g/mol. The summed E-state index contributed by atoms with van der Waals surface area (Å²) in [4.78, 5) is 34.6. The number of cyclic esters (lactones) is 1. The van der Waals surface area contributed by atoms with Crippen molar-refractivity contribution in [3.05, 3.63) is 47.6 Å². The van der Waals surface area contributed by atoms with E-state index in [0.717, 1.165) is 50.4 Å². The maximum atomic E-state index is 13.0. The highest BCUT2D eigenvalue weighted by Gasteiger charge is 2.29. The molecule has 3 aliphatic rings. The highest BCUT2D eigenvalue weighted by molar-refractivity contribution is 5.71. The minimum atomic E-state index is -0.808. The van der Waals surface area contributed by atoms with Crippen molar-refractivity contribution in [1.29, 1.82) is 0 Å². The summed E-state index contributed by atoms with van der Waals surface area (Å²) in [5, 5.41) is 10.6. The van der Waals surface area contributed by atoms with Gasteiger partial charge in [-0.05, 0) is 69.1 Å². The van der Waals surface area contributed by atoms with Crippen LogP contribution in [0.1, 0.15) is 45.6 Å². The lowest BCUT2D eigenvalue weighted by Crippen LogP contribution is -2.48. The Hall–Kier alpha value is -2.88. The average Bonchev–Trinajstić information content (AvgIpc) is 2.96. The molecule has 5 atom stereocenters. The van der Waals surface area contributed by atoms with Crippen LogP contribution in [0.4, 0.5) is 10.5 Å². The van der Waals surface area contributed by atoms with Gasteiger partial charge in [0.1, 0.15) is 12.2 Å². The van der Waals surface area contributed by atoms with Crippen LogP contribution in [0, 0.1) is 11.8 Å². The van der Waals surface area contributed by atoms with Crippen LogP contribution in [0.3, 0.4) is 0 Å². The second-order valence-corrected chi connectivity index (χ2v) is 12.5. The standard InChI is InChI=1S/C33H50N4O5/c1-24-9-11-29(38)23-31(39)42-32(25(2)10-12-30(24)41-33(40)37-19-15-35(5)16-20-37)26(3)21-27-7-6-8-28(22-27)36-17-13-34(4)14-18-36/h6-8,10,12,21-22,24-25,29-30,32,38H,9,11,13-20,23H2,1-5H3/b12-10+,26-21+/t24-,25-,29+,30+,32-/m0/s1. The van der Waals surface area contributed by atoms with E-state index in [1.54, 1.807) is 4.90 Å². The van der Waals surface area contributed by atoms with E-state index in [4.69, 9.17) is 9.47 Å². The third-order valence-corrected chi connectivity index (χ3v) is 8.84. The number of hydrogen-bond donors (Lipinski definition) is 1. The van der Waals surface area contributed by atoms with Crippen molar-refractivity contribution in [2.75, 3.05) is 71.4 Å². The number of anilines is 1. The van der Waals surface area contributed by atoms with Gasteiger partial charge in [-0.25, -0.2) is 4.79 Å². The molecule has 0 radical (unpaired) electrons. The van der Waals surface area contributed by atoms with Crippen molar-refractivity contribution in [2.45, 2.75) is 58.3 Å². The van der Waals surface area contributed by atoms with Gasteiger partial charge >= 0.3 is 12.1 Å². The van der Waals surface area contributed by atoms with Gasteiger partial charge in [0.05, 0.1) is 12.5 Å². The molecular formula is C33H50N4O5. The first-order chi connectivity index (χ1) is 20.1. The van der Waals surface area contributed by atoms with Gasteiger partial charge in [-0.3, -0.25) is 4.79 Å². The number of benzene rings is 1. The molecule has 3 aliphatic heterocycles. The largest absolute Gasteiger partial charge is 0.457 e. The van der Waals surface area contributed by atoms with Crippen molar-refractivity contribution < 1.29 is 24.2 Å². The van der Waals surface area contributed by atoms with Crippen LogP contribution in [-0.4, -0.2) is 117 Å². The highest BCUT2D eigenvalue weighted by Crippen LogP contribution is 2.27. The van der Waals surface area contributed by atoms with Crippen LogP contribution in [-0.2, 0) is 14.3 Å². The third-order valence-electron chi connectivity index (χ3n) is 8.84. The van der Waals surface area contributed by atoms with E-state index >= 15 is 0 Å². The predicted octanol–water partition coefficient (Wildman–Crippen LogP) is 3.88. The van der Waals surface area contributed by atoms with Crippen LogP contribution in [0.25, 0.3) is 6.08 Å². The number of carbonyl (C=O) groups excluding carboxylic acids is 2. The molecule has 9 heteroatoms. The summed E-state index contributed by atoms with van der Waals surface area (Å²) in [6.07, 6.45) is 4.97. The van der Waals surface area contributed by atoms with E-state index in [1.807, 2.05) is 32.9 Å². The van der Waals surface area contributed by atoms with Crippen LogP contribution in [0.5, 0.6) is 0 Å². The molecule has 1 amide bonds. The van der Waals surface area contributed by atoms with Gasteiger partial charge in [-0.1, -0.05) is 38.1 Å². The molecule has 1 N–H and O–H groups in total. The second-order valence-electron chi connectivity index (χ2n) is 12.5. The zero-order valence-corrected chi connectivity index (χ0v) is 26.1. The maximum absolute atomic E-state index is 13.0. The van der Waals surface area contributed by atoms with Crippen LogP contribution < -0.4 is 4.90 Å². The minimum Gasteiger partial charge on any atom is -0.457 e.